The molecule has 0 aromatic heterocycles. The third-order valence-corrected chi connectivity index (χ3v) is 5.30. The van der Waals surface area contributed by atoms with Gasteiger partial charge in [0.05, 0.1) is 30.6 Å². The van der Waals surface area contributed by atoms with E-state index in [1.807, 2.05) is 0 Å². The second-order valence-corrected chi connectivity index (χ2v) is 7.32. The highest BCUT2D eigenvalue weighted by atomic mass is 35.5. The Kier molecular flexibility index (Phi) is 5.66. The van der Waals surface area contributed by atoms with E-state index in [2.05, 4.69) is 15.7 Å². The van der Waals surface area contributed by atoms with E-state index in [0.29, 0.717) is 17.2 Å². The zero-order chi connectivity index (χ0) is 23.0. The Labute approximate surface area is 186 Å². The second kappa shape index (κ2) is 8.42. The first-order valence-corrected chi connectivity index (χ1v) is 9.74. The largest absolute Gasteiger partial charge is 0.497 e. The van der Waals surface area contributed by atoms with Crippen LogP contribution in [-0.2, 0) is 14.4 Å². The highest BCUT2D eigenvalue weighted by Crippen LogP contribution is 2.34. The van der Waals surface area contributed by atoms with Crippen LogP contribution in [0.1, 0.15) is 0 Å². The number of fused-ring (bicyclic) bond motifs is 1. The maximum absolute atomic E-state index is 13.5. The van der Waals surface area contributed by atoms with Crippen molar-refractivity contribution in [1.82, 2.24) is 5.01 Å². The number of hydrogen-bond acceptors (Lipinski definition) is 8. The predicted molar refractivity (Wildman–Crippen MR) is 111 cm³/mol. The predicted octanol–water partition coefficient (Wildman–Crippen LogP) is 2.43. The summed E-state index contributed by atoms with van der Waals surface area (Å²) in [6, 6.07) is 6.18. The number of carbonyl (C=O) groups excluding carboxylic acids is 3. The summed E-state index contributed by atoms with van der Waals surface area (Å²) in [6.07, 6.45) is 0. The van der Waals surface area contributed by atoms with Gasteiger partial charge in [0.2, 0.25) is 5.91 Å². The Bertz CT molecular complexity index is 1140. The number of halogens is 2. The fourth-order valence-electron chi connectivity index (χ4n) is 3.48. The summed E-state index contributed by atoms with van der Waals surface area (Å²) < 4.78 is 23.9. The highest BCUT2D eigenvalue weighted by Gasteiger charge is 2.55. The van der Waals surface area contributed by atoms with Gasteiger partial charge in [-0.05, 0) is 30.3 Å². The minimum absolute atomic E-state index is 0.113. The molecule has 4 rings (SSSR count). The number of amides is 3. The number of ether oxygens (including phenoxy) is 2. The van der Waals surface area contributed by atoms with Gasteiger partial charge in [0.1, 0.15) is 23.9 Å². The number of benzene rings is 2. The van der Waals surface area contributed by atoms with Crippen LogP contribution in [0.15, 0.2) is 46.7 Å². The lowest BCUT2D eigenvalue weighted by Crippen LogP contribution is -2.43. The number of carbonyl (C=O) groups is 3. The van der Waals surface area contributed by atoms with Crippen molar-refractivity contribution in [2.24, 2.45) is 10.3 Å². The molecule has 32 heavy (non-hydrogen) atoms. The minimum atomic E-state index is -1.11. The zero-order valence-electron chi connectivity index (χ0n) is 16.9. The summed E-state index contributed by atoms with van der Waals surface area (Å²) in [5.41, 5.74) is 0.474. The molecule has 3 amide bonds. The molecule has 2 aromatic rings. The van der Waals surface area contributed by atoms with Gasteiger partial charge in [-0.1, -0.05) is 16.8 Å². The summed E-state index contributed by atoms with van der Waals surface area (Å²) in [5.74, 6) is -1.55. The number of hydrogen-bond donors (Lipinski definition) is 1. The summed E-state index contributed by atoms with van der Waals surface area (Å²) in [6.45, 7) is -0.345. The van der Waals surface area contributed by atoms with Crippen LogP contribution in [-0.4, -0.2) is 55.6 Å². The van der Waals surface area contributed by atoms with Gasteiger partial charge in [0, 0.05) is 6.07 Å². The summed E-state index contributed by atoms with van der Waals surface area (Å²) in [4.78, 5) is 39.2. The van der Waals surface area contributed by atoms with Crippen LogP contribution in [0.3, 0.4) is 0 Å². The van der Waals surface area contributed by atoms with Crippen molar-refractivity contribution in [2.75, 3.05) is 31.0 Å². The molecule has 0 radical (unpaired) electrons. The molecule has 10 nitrogen and oxygen atoms in total. The molecule has 2 aliphatic heterocycles. The lowest BCUT2D eigenvalue weighted by atomic mass is 10.1. The number of anilines is 2. The van der Waals surface area contributed by atoms with Crippen molar-refractivity contribution in [3.8, 4) is 11.5 Å². The maximum Gasteiger partial charge on any atom is 0.263 e. The summed E-state index contributed by atoms with van der Waals surface area (Å²) in [7, 11) is 2.94. The third kappa shape index (κ3) is 3.71. The zero-order valence-corrected chi connectivity index (χ0v) is 17.7. The molecule has 0 bridgehead atoms. The van der Waals surface area contributed by atoms with Gasteiger partial charge in [-0.2, -0.15) is 5.11 Å². The van der Waals surface area contributed by atoms with Crippen molar-refractivity contribution in [2.45, 2.75) is 12.1 Å². The van der Waals surface area contributed by atoms with Gasteiger partial charge in [-0.3, -0.25) is 19.4 Å². The van der Waals surface area contributed by atoms with Crippen LogP contribution >= 0.6 is 11.6 Å². The number of nitrogens with zero attached hydrogens (tertiary/aromatic N) is 4. The Morgan fingerprint density at radius 2 is 1.94 bits per heavy atom. The lowest BCUT2D eigenvalue weighted by molar-refractivity contribution is -0.123. The molecule has 0 spiro atoms. The van der Waals surface area contributed by atoms with Crippen molar-refractivity contribution in [1.29, 1.82) is 0 Å². The molecule has 1 fully saturated rings. The molecule has 12 heteroatoms. The fraction of sp³-hybridized carbons (Fsp3) is 0.250. The standard InChI is InChI=1S/C20H17ClFN5O5/c1-31-11-4-6-15(32-2)14(8-11)23-16(28)9-26-18-17(24-25-26)19(29)27(20(18)30)10-3-5-13(22)12(21)7-10/h3-8,17-18H,9H2,1-2H3,(H,23,28)/t17-,18-/m0/s1. The van der Waals surface area contributed by atoms with Crippen molar-refractivity contribution in [3.63, 3.8) is 0 Å². The van der Waals surface area contributed by atoms with Crippen LogP contribution < -0.4 is 19.7 Å². The van der Waals surface area contributed by atoms with E-state index in [9.17, 15) is 18.8 Å². The van der Waals surface area contributed by atoms with Crippen LogP contribution in [0.2, 0.25) is 5.02 Å². The molecule has 2 heterocycles. The second-order valence-electron chi connectivity index (χ2n) is 6.92. The summed E-state index contributed by atoms with van der Waals surface area (Å²) in [5, 5.41) is 11.3. The van der Waals surface area contributed by atoms with E-state index >= 15 is 0 Å². The number of nitrogens with one attached hydrogen (secondary N) is 1. The number of imide groups is 1. The van der Waals surface area contributed by atoms with Crippen LogP contribution in [0.25, 0.3) is 0 Å². The Morgan fingerprint density at radius 1 is 1.16 bits per heavy atom. The molecule has 2 aliphatic rings. The Balaban J connectivity index is 1.50. The molecule has 1 saturated heterocycles. The van der Waals surface area contributed by atoms with E-state index in [-0.39, 0.29) is 17.3 Å². The van der Waals surface area contributed by atoms with E-state index in [1.54, 1.807) is 18.2 Å². The minimum Gasteiger partial charge on any atom is -0.497 e. The smallest absolute Gasteiger partial charge is 0.263 e. The van der Waals surface area contributed by atoms with Crippen molar-refractivity contribution >= 4 is 40.7 Å². The lowest BCUT2D eigenvalue weighted by Gasteiger charge is -2.20. The molecular formula is C20H17ClFN5O5. The number of methoxy groups -OCH3 is 2. The van der Waals surface area contributed by atoms with Gasteiger partial charge in [0.15, 0.2) is 12.1 Å². The van der Waals surface area contributed by atoms with Gasteiger partial charge >= 0.3 is 0 Å². The fourth-order valence-corrected chi connectivity index (χ4v) is 3.66. The first kappa shape index (κ1) is 21.5. The van der Waals surface area contributed by atoms with Crippen LogP contribution in [0.5, 0.6) is 11.5 Å². The monoisotopic (exact) mass is 461 g/mol. The molecule has 2 aromatic carbocycles. The molecular weight excluding hydrogens is 445 g/mol. The molecule has 0 saturated carbocycles. The topological polar surface area (TPSA) is 113 Å². The van der Waals surface area contributed by atoms with E-state index in [1.165, 1.54) is 26.4 Å². The SMILES string of the molecule is COc1ccc(OC)c(NC(=O)CN2N=N[C@@H]3C(=O)N(c4ccc(F)c(Cl)c4)C(=O)[C@H]32)c1. The Morgan fingerprint density at radius 3 is 2.62 bits per heavy atom. The number of rotatable bonds is 6. The third-order valence-electron chi connectivity index (χ3n) is 5.01. The molecule has 0 aliphatic carbocycles. The van der Waals surface area contributed by atoms with Crippen LogP contribution in [0.4, 0.5) is 15.8 Å². The summed E-state index contributed by atoms with van der Waals surface area (Å²) >= 11 is 5.78. The van der Waals surface area contributed by atoms with E-state index < -0.39 is 35.6 Å². The van der Waals surface area contributed by atoms with Gasteiger partial charge < -0.3 is 14.8 Å². The van der Waals surface area contributed by atoms with Gasteiger partial charge in [-0.15, -0.1) is 0 Å². The van der Waals surface area contributed by atoms with E-state index in [4.69, 9.17) is 21.1 Å². The van der Waals surface area contributed by atoms with Gasteiger partial charge in [0.25, 0.3) is 11.8 Å². The van der Waals surface area contributed by atoms with E-state index in [0.717, 1.165) is 16.0 Å². The maximum atomic E-state index is 13.5. The van der Waals surface area contributed by atoms with Crippen LogP contribution in [0, 0.1) is 5.82 Å². The van der Waals surface area contributed by atoms with Crippen molar-refractivity contribution < 1.29 is 28.2 Å². The Hall–Kier alpha value is -3.73. The quantitative estimate of drug-likeness (QED) is 0.661. The first-order chi connectivity index (χ1) is 15.3. The average Bonchev–Trinajstić information content (AvgIpc) is 3.29. The normalized spacial score (nSPS) is 19.4. The first-order valence-electron chi connectivity index (χ1n) is 9.36. The molecule has 0 unspecified atom stereocenters. The molecule has 1 N–H and O–H groups in total. The molecule has 166 valence electrons. The van der Waals surface area contributed by atoms with Gasteiger partial charge in [-0.25, -0.2) is 9.29 Å². The highest BCUT2D eigenvalue weighted by molar-refractivity contribution is 6.32. The van der Waals surface area contributed by atoms with Crippen molar-refractivity contribution in [3.05, 3.63) is 47.2 Å². The average molecular weight is 462 g/mol. The molecule has 2 atom stereocenters.